The highest BCUT2D eigenvalue weighted by molar-refractivity contribution is 5.75. The van der Waals surface area contributed by atoms with Crippen LogP contribution in [-0.4, -0.2) is 66.2 Å². The fraction of sp³-hybridized carbons (Fsp3) is 0.857. The highest BCUT2D eigenvalue weighted by Gasteiger charge is 2.18. The van der Waals surface area contributed by atoms with E-state index in [-0.39, 0.29) is 12.6 Å². The molecule has 0 bridgehead atoms. The van der Waals surface area contributed by atoms with Crippen LogP contribution in [0.5, 0.6) is 0 Å². The summed E-state index contributed by atoms with van der Waals surface area (Å²) < 4.78 is 0. The number of nitrogens with zero attached hydrogens (tertiary/aromatic N) is 2. The Morgan fingerprint density at radius 3 is 2.20 bits per heavy atom. The van der Waals surface area contributed by atoms with Crippen molar-refractivity contribution in [1.29, 1.82) is 0 Å². The molecule has 0 spiro atoms. The number of carboxylic acid groups (broad SMARTS) is 1. The van der Waals surface area contributed by atoms with Gasteiger partial charge in [0.05, 0.1) is 5.92 Å². The molecule has 0 heterocycles. The maximum Gasteiger partial charge on any atom is 0.317 e. The fourth-order valence-corrected chi connectivity index (χ4v) is 1.91. The first-order valence-corrected chi connectivity index (χ1v) is 7.44. The smallest absolute Gasteiger partial charge is 0.317 e. The van der Waals surface area contributed by atoms with Crippen LogP contribution < -0.4 is 5.32 Å². The zero-order valence-electron chi connectivity index (χ0n) is 13.2. The molecule has 0 aromatic rings. The molecule has 118 valence electrons. The first-order valence-electron chi connectivity index (χ1n) is 7.44. The normalized spacial score (nSPS) is 12.2. The lowest BCUT2D eigenvalue weighted by Gasteiger charge is -2.23. The highest BCUT2D eigenvalue weighted by Crippen LogP contribution is 2.00. The standard InChI is InChI=1S/C14H29N3O3/c1-5-16(6-2)10-8-9-15-14(20)17(7-3)11-12(4)13(18)19/h12H,5-11H2,1-4H3,(H,15,20)(H,18,19). The van der Waals surface area contributed by atoms with Crippen LogP contribution in [0.1, 0.15) is 34.1 Å². The first kappa shape index (κ1) is 18.7. The van der Waals surface area contributed by atoms with E-state index in [1.807, 2.05) is 6.92 Å². The highest BCUT2D eigenvalue weighted by atomic mass is 16.4. The van der Waals surface area contributed by atoms with Gasteiger partial charge in [0.15, 0.2) is 0 Å². The summed E-state index contributed by atoms with van der Waals surface area (Å²) in [5.74, 6) is -1.42. The summed E-state index contributed by atoms with van der Waals surface area (Å²) in [5.41, 5.74) is 0. The average molecular weight is 287 g/mol. The summed E-state index contributed by atoms with van der Waals surface area (Å²) in [6, 6.07) is -0.180. The molecule has 0 fully saturated rings. The number of rotatable bonds is 10. The van der Waals surface area contributed by atoms with Gasteiger partial charge in [0, 0.05) is 19.6 Å². The number of nitrogens with one attached hydrogen (secondary N) is 1. The number of hydrogen-bond acceptors (Lipinski definition) is 3. The lowest BCUT2D eigenvalue weighted by Crippen LogP contribution is -2.43. The van der Waals surface area contributed by atoms with Gasteiger partial charge >= 0.3 is 12.0 Å². The molecule has 0 saturated heterocycles. The second kappa shape index (κ2) is 10.5. The van der Waals surface area contributed by atoms with Gasteiger partial charge in [0.2, 0.25) is 0 Å². The molecule has 0 radical (unpaired) electrons. The quantitative estimate of drug-likeness (QED) is 0.597. The molecular formula is C14H29N3O3. The zero-order chi connectivity index (χ0) is 15.5. The van der Waals surface area contributed by atoms with Crippen molar-refractivity contribution in [2.75, 3.05) is 39.3 Å². The van der Waals surface area contributed by atoms with Crippen LogP contribution >= 0.6 is 0 Å². The van der Waals surface area contributed by atoms with E-state index in [2.05, 4.69) is 24.1 Å². The van der Waals surface area contributed by atoms with Crippen LogP contribution in [0.15, 0.2) is 0 Å². The van der Waals surface area contributed by atoms with Crippen molar-refractivity contribution in [2.24, 2.45) is 5.92 Å². The third-order valence-corrected chi connectivity index (χ3v) is 3.41. The molecule has 0 aliphatic carbocycles. The molecule has 1 atom stereocenters. The second-order valence-corrected chi connectivity index (χ2v) is 4.89. The fourth-order valence-electron chi connectivity index (χ4n) is 1.91. The van der Waals surface area contributed by atoms with Crippen LogP contribution in [0.4, 0.5) is 4.79 Å². The Labute approximate surface area is 122 Å². The van der Waals surface area contributed by atoms with Gasteiger partial charge in [-0.3, -0.25) is 4.79 Å². The Bertz CT molecular complexity index is 293. The molecule has 6 heteroatoms. The maximum atomic E-state index is 11.9. The molecule has 6 nitrogen and oxygen atoms in total. The summed E-state index contributed by atoms with van der Waals surface area (Å²) in [6.45, 7) is 12.1. The third kappa shape index (κ3) is 7.33. The minimum Gasteiger partial charge on any atom is -0.481 e. The van der Waals surface area contributed by atoms with Crippen molar-refractivity contribution in [3.05, 3.63) is 0 Å². The van der Waals surface area contributed by atoms with Gasteiger partial charge in [-0.1, -0.05) is 20.8 Å². The Hall–Kier alpha value is -1.30. The van der Waals surface area contributed by atoms with Crippen LogP contribution in [0.2, 0.25) is 0 Å². The van der Waals surface area contributed by atoms with Crippen LogP contribution in [-0.2, 0) is 4.79 Å². The molecule has 0 aliphatic heterocycles. The van der Waals surface area contributed by atoms with Crippen LogP contribution in [0.3, 0.4) is 0 Å². The predicted octanol–water partition coefficient (Wildman–Crippen LogP) is 1.47. The Morgan fingerprint density at radius 1 is 1.15 bits per heavy atom. The molecule has 0 aliphatic rings. The number of aliphatic carboxylic acids is 1. The van der Waals surface area contributed by atoms with Gasteiger partial charge in [-0.2, -0.15) is 0 Å². The van der Waals surface area contributed by atoms with E-state index in [9.17, 15) is 9.59 Å². The van der Waals surface area contributed by atoms with Crippen LogP contribution in [0.25, 0.3) is 0 Å². The number of urea groups is 1. The summed E-state index contributed by atoms with van der Waals surface area (Å²) in [4.78, 5) is 26.6. The zero-order valence-corrected chi connectivity index (χ0v) is 13.2. The van der Waals surface area contributed by atoms with Crippen molar-refractivity contribution in [1.82, 2.24) is 15.1 Å². The van der Waals surface area contributed by atoms with Crippen molar-refractivity contribution < 1.29 is 14.7 Å². The number of carbonyl (C=O) groups excluding carboxylic acids is 1. The van der Waals surface area contributed by atoms with Gasteiger partial charge in [-0.15, -0.1) is 0 Å². The van der Waals surface area contributed by atoms with Gasteiger partial charge in [-0.25, -0.2) is 4.79 Å². The summed E-state index contributed by atoms with van der Waals surface area (Å²) in [5, 5.41) is 11.7. The molecule has 0 saturated carbocycles. The summed E-state index contributed by atoms with van der Waals surface area (Å²) in [7, 11) is 0. The van der Waals surface area contributed by atoms with Crippen molar-refractivity contribution in [3.63, 3.8) is 0 Å². The van der Waals surface area contributed by atoms with Crippen molar-refractivity contribution >= 4 is 12.0 Å². The monoisotopic (exact) mass is 287 g/mol. The predicted molar refractivity (Wildman–Crippen MR) is 79.9 cm³/mol. The summed E-state index contributed by atoms with van der Waals surface area (Å²) in [6.07, 6.45) is 0.902. The first-order chi connectivity index (χ1) is 9.46. The van der Waals surface area contributed by atoms with Gasteiger partial charge in [0.1, 0.15) is 0 Å². The van der Waals surface area contributed by atoms with E-state index >= 15 is 0 Å². The van der Waals surface area contributed by atoms with E-state index in [0.29, 0.717) is 13.1 Å². The van der Waals surface area contributed by atoms with Gasteiger partial charge in [0.25, 0.3) is 0 Å². The van der Waals surface area contributed by atoms with E-state index in [4.69, 9.17) is 5.11 Å². The molecular weight excluding hydrogens is 258 g/mol. The Kier molecular flexibility index (Phi) is 9.80. The Balaban J connectivity index is 4.01. The van der Waals surface area contributed by atoms with E-state index in [0.717, 1.165) is 26.1 Å². The van der Waals surface area contributed by atoms with Crippen molar-refractivity contribution in [2.45, 2.75) is 34.1 Å². The molecule has 0 aromatic heterocycles. The molecule has 0 aromatic carbocycles. The Morgan fingerprint density at radius 2 is 1.75 bits per heavy atom. The minimum absolute atomic E-state index is 0.180. The molecule has 20 heavy (non-hydrogen) atoms. The van der Waals surface area contributed by atoms with Gasteiger partial charge in [-0.05, 0) is 33.0 Å². The lowest BCUT2D eigenvalue weighted by molar-refractivity contribution is -0.141. The minimum atomic E-state index is -0.877. The molecule has 2 amide bonds. The molecule has 2 N–H and O–H groups in total. The maximum absolute atomic E-state index is 11.9. The number of amides is 2. The van der Waals surface area contributed by atoms with E-state index < -0.39 is 11.9 Å². The number of carbonyl (C=O) groups is 2. The average Bonchev–Trinajstić information content (AvgIpc) is 2.44. The lowest BCUT2D eigenvalue weighted by atomic mass is 10.2. The summed E-state index contributed by atoms with van der Waals surface area (Å²) >= 11 is 0. The second-order valence-electron chi connectivity index (χ2n) is 4.89. The van der Waals surface area contributed by atoms with Crippen molar-refractivity contribution in [3.8, 4) is 0 Å². The number of hydrogen-bond donors (Lipinski definition) is 2. The third-order valence-electron chi connectivity index (χ3n) is 3.41. The van der Waals surface area contributed by atoms with Crippen LogP contribution in [0, 0.1) is 5.92 Å². The topological polar surface area (TPSA) is 72.9 Å². The van der Waals surface area contributed by atoms with Gasteiger partial charge < -0.3 is 20.2 Å². The van der Waals surface area contributed by atoms with E-state index in [1.165, 1.54) is 4.90 Å². The van der Waals surface area contributed by atoms with E-state index in [1.54, 1.807) is 6.92 Å². The number of carboxylic acids is 1. The molecule has 0 rings (SSSR count). The largest absolute Gasteiger partial charge is 0.481 e. The SMILES string of the molecule is CCN(CC)CCCNC(=O)N(CC)CC(C)C(=O)O. The molecule has 1 unspecified atom stereocenters.